The predicted molar refractivity (Wildman–Crippen MR) is 139 cm³/mol. The topological polar surface area (TPSA) is 75.7 Å². The summed E-state index contributed by atoms with van der Waals surface area (Å²) in [4.78, 5) is 0. The molecule has 37 heavy (non-hydrogen) atoms. The summed E-state index contributed by atoms with van der Waals surface area (Å²) in [5, 5.41) is 0. The number of hydrogen-bond acceptors (Lipinski definition) is 5. The maximum Gasteiger partial charge on any atom is 1.00 e. The van der Waals surface area contributed by atoms with Crippen molar-refractivity contribution in [2.75, 3.05) is 6.61 Å². The van der Waals surface area contributed by atoms with Crippen LogP contribution in [-0.4, -0.2) is 31.8 Å². The van der Waals surface area contributed by atoms with Gasteiger partial charge in [0.15, 0.2) is 0 Å². The molecule has 5 nitrogen and oxygen atoms in total. The first kappa shape index (κ1) is 29.3. The van der Waals surface area contributed by atoms with Gasteiger partial charge in [0.05, 0.1) is 18.8 Å². The molecule has 7 heteroatoms. The zero-order valence-electron chi connectivity index (χ0n) is 24.7. The van der Waals surface area contributed by atoms with Crippen LogP contribution in [0.3, 0.4) is 0 Å². The van der Waals surface area contributed by atoms with E-state index in [2.05, 4.69) is 48.5 Å². The quantitative estimate of drug-likeness (QED) is 0.301. The summed E-state index contributed by atoms with van der Waals surface area (Å²) in [7, 11) is -4.70. The summed E-state index contributed by atoms with van der Waals surface area (Å²) in [6, 6.07) is 0. The molecule has 2 bridgehead atoms. The van der Waals surface area contributed by atoms with E-state index in [0.29, 0.717) is 41.1 Å². The van der Waals surface area contributed by atoms with Crippen molar-refractivity contribution >= 4 is 10.4 Å². The van der Waals surface area contributed by atoms with Crippen molar-refractivity contribution in [3.63, 3.8) is 0 Å². The Kier molecular flexibility index (Phi) is 6.88. The van der Waals surface area contributed by atoms with Crippen LogP contribution in [0.15, 0.2) is 0 Å². The molecule has 0 radical (unpaired) electrons. The van der Waals surface area contributed by atoms with Gasteiger partial charge in [-0.2, -0.15) is 0 Å². The molecule has 0 spiro atoms. The van der Waals surface area contributed by atoms with Gasteiger partial charge < -0.3 is 9.29 Å². The first-order valence-electron chi connectivity index (χ1n) is 14.8. The number of fused-ring (bicyclic) bond motifs is 5. The fraction of sp³-hybridized carbons (Fsp3) is 1.00. The van der Waals surface area contributed by atoms with E-state index in [4.69, 9.17) is 8.92 Å². The van der Waals surface area contributed by atoms with E-state index in [1.807, 2.05) is 0 Å². The minimum absolute atomic E-state index is 0. The zero-order valence-corrected chi connectivity index (χ0v) is 27.5. The smallest absolute Gasteiger partial charge is 0.726 e. The number of rotatable bonds is 2. The maximum absolute atomic E-state index is 11.5. The second-order valence-electron chi connectivity index (χ2n) is 16.1. The number of hydrogen-bond donors (Lipinski definition) is 0. The van der Waals surface area contributed by atoms with E-state index in [9.17, 15) is 13.0 Å². The van der Waals surface area contributed by atoms with Crippen LogP contribution in [0.1, 0.15) is 113 Å². The summed E-state index contributed by atoms with van der Waals surface area (Å²) in [6.45, 7) is 18.0. The third-order valence-corrected chi connectivity index (χ3v) is 14.8. The molecule has 10 atom stereocenters. The second kappa shape index (κ2) is 8.67. The Morgan fingerprint density at radius 3 is 2.14 bits per heavy atom. The molecular weight excluding hydrogens is 495 g/mol. The third kappa shape index (κ3) is 3.84. The Labute approximate surface area is 248 Å². The molecule has 0 aromatic carbocycles. The Hall–Kier alpha value is 0.830. The average Bonchev–Trinajstić information content (AvgIpc) is 3.09. The van der Waals surface area contributed by atoms with Gasteiger partial charge in [-0.05, 0) is 120 Å². The van der Waals surface area contributed by atoms with Crippen molar-refractivity contribution in [1.82, 2.24) is 0 Å². The maximum atomic E-state index is 11.5. The molecular formula is C30H49NaO5S. The third-order valence-electron chi connectivity index (χ3n) is 14.3. The summed E-state index contributed by atoms with van der Waals surface area (Å²) in [5.41, 5.74) is 1.09. The van der Waals surface area contributed by atoms with E-state index in [-0.39, 0.29) is 51.2 Å². The molecule has 6 rings (SSSR count). The first-order chi connectivity index (χ1) is 16.5. The minimum atomic E-state index is -4.70. The molecule has 0 aromatic heterocycles. The van der Waals surface area contributed by atoms with Crippen LogP contribution in [0.5, 0.6) is 0 Å². The van der Waals surface area contributed by atoms with Gasteiger partial charge in [0, 0.05) is 0 Å². The second-order valence-corrected chi connectivity index (χ2v) is 17.1. The fourth-order valence-electron chi connectivity index (χ4n) is 12.3. The van der Waals surface area contributed by atoms with Crippen LogP contribution in [0.25, 0.3) is 0 Å². The van der Waals surface area contributed by atoms with E-state index in [1.54, 1.807) is 0 Å². The van der Waals surface area contributed by atoms with Crippen molar-refractivity contribution in [1.29, 1.82) is 0 Å². The predicted octanol–water partition coefficient (Wildman–Crippen LogP) is 3.73. The van der Waals surface area contributed by atoms with Crippen LogP contribution in [0.4, 0.5) is 0 Å². The molecule has 0 aromatic rings. The van der Waals surface area contributed by atoms with Crippen molar-refractivity contribution in [3.8, 4) is 0 Å². The van der Waals surface area contributed by atoms with E-state index in [1.165, 1.54) is 44.9 Å². The molecule has 0 N–H and O–H groups in total. The number of ether oxygens (including phenoxy) is 1. The molecule has 206 valence electrons. The van der Waals surface area contributed by atoms with Gasteiger partial charge in [-0.25, -0.2) is 8.42 Å². The first-order valence-corrected chi connectivity index (χ1v) is 16.1. The van der Waals surface area contributed by atoms with Crippen molar-refractivity contribution in [2.45, 2.75) is 125 Å². The Bertz CT molecular complexity index is 1040. The summed E-state index contributed by atoms with van der Waals surface area (Å²) >= 11 is 0. The van der Waals surface area contributed by atoms with E-state index < -0.39 is 16.5 Å². The van der Waals surface area contributed by atoms with Gasteiger partial charge in [-0.1, -0.05) is 48.5 Å². The van der Waals surface area contributed by atoms with Crippen molar-refractivity contribution in [2.24, 2.45) is 56.2 Å². The molecule has 6 unspecified atom stereocenters. The molecule has 1 saturated heterocycles. The van der Waals surface area contributed by atoms with Gasteiger partial charge in [-0.3, -0.25) is 4.18 Å². The van der Waals surface area contributed by atoms with Crippen LogP contribution in [0.2, 0.25) is 0 Å². The van der Waals surface area contributed by atoms with Crippen LogP contribution in [0, 0.1) is 56.2 Å². The SMILES string of the molecule is CC1(C)CCC23CC[C@]4(C)C(CCC5[C@@]6(C)CC[C@H](OS(=O)(=O)[O-])C(C)(C)C6CC[C@]54C)C2C1OC3.[Na+]. The van der Waals surface area contributed by atoms with Crippen molar-refractivity contribution in [3.05, 3.63) is 0 Å². The summed E-state index contributed by atoms with van der Waals surface area (Å²) < 4.78 is 46.5. The normalized spacial score (nSPS) is 53.6. The van der Waals surface area contributed by atoms with Gasteiger partial charge in [0.2, 0.25) is 10.4 Å². The van der Waals surface area contributed by atoms with Crippen LogP contribution >= 0.6 is 0 Å². The van der Waals surface area contributed by atoms with Gasteiger partial charge in [-0.15, -0.1) is 0 Å². The minimum Gasteiger partial charge on any atom is -0.726 e. The van der Waals surface area contributed by atoms with Gasteiger partial charge in [0.1, 0.15) is 0 Å². The van der Waals surface area contributed by atoms with Crippen LogP contribution < -0.4 is 29.6 Å². The van der Waals surface area contributed by atoms with Gasteiger partial charge >= 0.3 is 29.6 Å². The Morgan fingerprint density at radius 2 is 1.46 bits per heavy atom. The average molecular weight is 545 g/mol. The van der Waals surface area contributed by atoms with Crippen LogP contribution in [-0.2, 0) is 19.3 Å². The monoisotopic (exact) mass is 544 g/mol. The zero-order chi connectivity index (χ0) is 26.2. The standard InChI is InChI=1S/C30H50O5S.Na/c1-25(2)14-16-30-17-15-28(6)19(23(30)24(25)34-18-30)8-9-21-27(5)12-11-22(35-36(31,32)33)26(3,4)20(27)10-13-29(21,28)7;/h19-24H,8-18H2,1-7H3,(H,31,32,33);/q;+1/p-1/t19?,20?,21?,22-,23?,24?,27-,28+,29+,30?;/m0./s1. The summed E-state index contributed by atoms with van der Waals surface area (Å²) in [6.07, 6.45) is 11.6. The molecule has 6 fully saturated rings. The molecule has 6 aliphatic rings. The molecule has 1 heterocycles. The van der Waals surface area contributed by atoms with E-state index >= 15 is 0 Å². The molecule has 5 saturated carbocycles. The fourth-order valence-corrected chi connectivity index (χ4v) is 12.9. The molecule has 0 amide bonds. The van der Waals surface area contributed by atoms with Crippen molar-refractivity contribution < 1.29 is 51.4 Å². The summed E-state index contributed by atoms with van der Waals surface area (Å²) in [5.74, 6) is 2.43. The largest absolute Gasteiger partial charge is 1.00 e. The Balaban J connectivity index is 0.00000280. The Morgan fingerprint density at radius 1 is 0.784 bits per heavy atom. The van der Waals surface area contributed by atoms with Gasteiger partial charge in [0.25, 0.3) is 0 Å². The molecule has 5 aliphatic carbocycles. The van der Waals surface area contributed by atoms with E-state index in [0.717, 1.165) is 25.4 Å². The molecule has 1 aliphatic heterocycles.